The average molecular weight is 257 g/mol. The van der Waals surface area contributed by atoms with Crippen LogP contribution in [-0.2, 0) is 14.2 Å². The van der Waals surface area contributed by atoms with Gasteiger partial charge in [-0.3, -0.25) is 9.80 Å². The molecule has 2 rings (SSSR count). The lowest BCUT2D eigenvalue weighted by molar-refractivity contribution is -0.158. The molecule has 105 valence electrons. The third kappa shape index (κ3) is 3.22. The fraction of sp³-hybridized carbons (Fsp3) is 0.923. The van der Waals surface area contributed by atoms with Gasteiger partial charge in [0, 0.05) is 33.3 Å². The SMILES string of the molecule is CCC([CH]N1CCOCC1)(OC)N1CCOCC1. The Bertz CT molecular complexity index is 234. The van der Waals surface area contributed by atoms with E-state index in [1.165, 1.54) is 0 Å². The molecule has 0 bridgehead atoms. The summed E-state index contributed by atoms with van der Waals surface area (Å²) in [4.78, 5) is 4.71. The molecule has 0 amide bonds. The second-order valence-corrected chi connectivity index (χ2v) is 4.78. The summed E-state index contributed by atoms with van der Waals surface area (Å²) in [7, 11) is 1.80. The van der Waals surface area contributed by atoms with Gasteiger partial charge in [0.15, 0.2) is 0 Å². The molecule has 5 heteroatoms. The first-order valence-electron chi connectivity index (χ1n) is 6.86. The van der Waals surface area contributed by atoms with E-state index in [0.29, 0.717) is 0 Å². The third-order valence-electron chi connectivity index (χ3n) is 3.84. The summed E-state index contributed by atoms with van der Waals surface area (Å²) in [6.07, 6.45) is 0.945. The molecule has 2 saturated heterocycles. The third-order valence-corrected chi connectivity index (χ3v) is 3.84. The van der Waals surface area contributed by atoms with Gasteiger partial charge in [-0.25, -0.2) is 0 Å². The monoisotopic (exact) mass is 257 g/mol. The Morgan fingerprint density at radius 3 is 2.11 bits per heavy atom. The summed E-state index contributed by atoms with van der Waals surface area (Å²) in [5, 5.41) is 0. The zero-order valence-electron chi connectivity index (χ0n) is 11.6. The van der Waals surface area contributed by atoms with E-state index in [1.807, 2.05) is 0 Å². The highest BCUT2D eigenvalue weighted by molar-refractivity contribution is 4.95. The molecule has 1 unspecified atom stereocenters. The van der Waals surface area contributed by atoms with Crippen molar-refractivity contribution in [1.29, 1.82) is 0 Å². The molecule has 1 radical (unpaired) electrons. The van der Waals surface area contributed by atoms with E-state index in [1.54, 1.807) is 7.11 Å². The van der Waals surface area contributed by atoms with E-state index >= 15 is 0 Å². The first-order valence-corrected chi connectivity index (χ1v) is 6.86. The van der Waals surface area contributed by atoms with Gasteiger partial charge >= 0.3 is 0 Å². The lowest BCUT2D eigenvalue weighted by atomic mass is 10.1. The summed E-state index contributed by atoms with van der Waals surface area (Å²) in [6, 6.07) is 0. The Balaban J connectivity index is 1.99. The first kappa shape index (κ1) is 14.2. The molecule has 2 heterocycles. The molecular formula is C13H25N2O3. The minimum absolute atomic E-state index is 0.291. The van der Waals surface area contributed by atoms with Gasteiger partial charge in [0.2, 0.25) is 0 Å². The summed E-state index contributed by atoms with van der Waals surface area (Å²) in [5.74, 6) is 0. The summed E-state index contributed by atoms with van der Waals surface area (Å²) >= 11 is 0. The van der Waals surface area contributed by atoms with Crippen LogP contribution in [0.2, 0.25) is 0 Å². The van der Waals surface area contributed by atoms with Crippen molar-refractivity contribution in [2.45, 2.75) is 19.1 Å². The van der Waals surface area contributed by atoms with Crippen LogP contribution in [0.25, 0.3) is 0 Å². The molecule has 2 fully saturated rings. The van der Waals surface area contributed by atoms with Gasteiger partial charge in [-0.1, -0.05) is 6.92 Å². The van der Waals surface area contributed by atoms with E-state index in [4.69, 9.17) is 14.2 Å². The van der Waals surface area contributed by atoms with Crippen LogP contribution in [0.1, 0.15) is 13.3 Å². The maximum atomic E-state index is 5.86. The topological polar surface area (TPSA) is 34.2 Å². The van der Waals surface area contributed by atoms with Crippen LogP contribution in [0, 0.1) is 6.54 Å². The summed E-state index contributed by atoms with van der Waals surface area (Å²) in [5.41, 5.74) is -0.291. The maximum absolute atomic E-state index is 5.86. The van der Waals surface area contributed by atoms with Crippen molar-refractivity contribution in [3.8, 4) is 0 Å². The van der Waals surface area contributed by atoms with Crippen LogP contribution >= 0.6 is 0 Å². The number of ether oxygens (including phenoxy) is 3. The van der Waals surface area contributed by atoms with Gasteiger partial charge in [0.05, 0.1) is 33.0 Å². The van der Waals surface area contributed by atoms with Gasteiger partial charge in [-0.2, -0.15) is 0 Å². The molecule has 0 aromatic carbocycles. The smallest absolute Gasteiger partial charge is 0.138 e. The van der Waals surface area contributed by atoms with E-state index < -0.39 is 0 Å². The fourth-order valence-electron chi connectivity index (χ4n) is 2.66. The number of rotatable bonds is 5. The predicted molar refractivity (Wildman–Crippen MR) is 69.1 cm³/mol. The first-order chi connectivity index (χ1) is 8.80. The Hall–Kier alpha value is -0.200. The van der Waals surface area contributed by atoms with Gasteiger partial charge in [-0.05, 0) is 6.42 Å². The van der Waals surface area contributed by atoms with Gasteiger partial charge in [-0.15, -0.1) is 0 Å². The van der Waals surface area contributed by atoms with E-state index in [9.17, 15) is 0 Å². The maximum Gasteiger partial charge on any atom is 0.138 e. The second-order valence-electron chi connectivity index (χ2n) is 4.78. The standard InChI is InChI=1S/C13H25N2O3/c1-3-13(16-2,15-6-10-18-11-7-15)12-14-4-8-17-9-5-14/h12H,3-11H2,1-2H3. The average Bonchev–Trinajstić information content (AvgIpc) is 2.47. The predicted octanol–water partition coefficient (Wildman–Crippen LogP) is 0.565. The Labute approximate surface area is 110 Å². The summed E-state index contributed by atoms with van der Waals surface area (Å²) < 4.78 is 16.7. The highest BCUT2D eigenvalue weighted by Crippen LogP contribution is 2.27. The Morgan fingerprint density at radius 1 is 1.06 bits per heavy atom. The lowest BCUT2D eigenvalue weighted by Gasteiger charge is -2.46. The Morgan fingerprint density at radius 2 is 1.61 bits per heavy atom. The quantitative estimate of drug-likeness (QED) is 0.719. The molecular weight excluding hydrogens is 232 g/mol. The summed E-state index contributed by atoms with van der Waals surface area (Å²) in [6.45, 7) is 11.4. The number of hydrogen-bond acceptors (Lipinski definition) is 5. The molecule has 0 aromatic rings. The van der Waals surface area contributed by atoms with Crippen LogP contribution in [0.4, 0.5) is 0 Å². The van der Waals surface area contributed by atoms with Crippen molar-refractivity contribution in [3.63, 3.8) is 0 Å². The molecule has 5 nitrogen and oxygen atoms in total. The zero-order chi connectivity index (χ0) is 12.8. The lowest BCUT2D eigenvalue weighted by Crippen LogP contribution is -2.58. The highest BCUT2D eigenvalue weighted by Gasteiger charge is 2.38. The van der Waals surface area contributed by atoms with Crippen LogP contribution in [0.3, 0.4) is 0 Å². The van der Waals surface area contributed by atoms with Crippen molar-refractivity contribution in [2.24, 2.45) is 0 Å². The second kappa shape index (κ2) is 6.82. The fourth-order valence-corrected chi connectivity index (χ4v) is 2.66. The minimum atomic E-state index is -0.291. The molecule has 2 aliphatic rings. The molecule has 18 heavy (non-hydrogen) atoms. The number of methoxy groups -OCH3 is 1. The minimum Gasteiger partial charge on any atom is -0.379 e. The Kier molecular flexibility index (Phi) is 5.38. The van der Waals surface area contributed by atoms with Gasteiger partial charge in [0.1, 0.15) is 5.72 Å². The number of hydrogen-bond donors (Lipinski definition) is 0. The van der Waals surface area contributed by atoms with Crippen molar-refractivity contribution < 1.29 is 14.2 Å². The molecule has 2 aliphatic heterocycles. The molecule has 0 spiro atoms. The van der Waals surface area contributed by atoms with Crippen molar-refractivity contribution >= 4 is 0 Å². The molecule has 0 saturated carbocycles. The van der Waals surface area contributed by atoms with E-state index in [0.717, 1.165) is 59.0 Å². The van der Waals surface area contributed by atoms with Crippen molar-refractivity contribution in [1.82, 2.24) is 9.80 Å². The number of morpholine rings is 2. The van der Waals surface area contributed by atoms with E-state index in [-0.39, 0.29) is 5.72 Å². The van der Waals surface area contributed by atoms with Gasteiger partial charge in [0.25, 0.3) is 0 Å². The van der Waals surface area contributed by atoms with Crippen LogP contribution in [-0.4, -0.2) is 75.2 Å². The van der Waals surface area contributed by atoms with Crippen LogP contribution in [0.5, 0.6) is 0 Å². The van der Waals surface area contributed by atoms with Gasteiger partial charge < -0.3 is 14.2 Å². The van der Waals surface area contributed by atoms with Crippen molar-refractivity contribution in [2.75, 3.05) is 59.7 Å². The largest absolute Gasteiger partial charge is 0.379 e. The van der Waals surface area contributed by atoms with Crippen molar-refractivity contribution in [3.05, 3.63) is 6.54 Å². The number of nitrogens with zero attached hydrogens (tertiary/aromatic N) is 2. The zero-order valence-corrected chi connectivity index (χ0v) is 11.6. The molecule has 0 aliphatic carbocycles. The molecule has 0 aromatic heterocycles. The molecule has 1 atom stereocenters. The van der Waals surface area contributed by atoms with Crippen LogP contribution < -0.4 is 0 Å². The van der Waals surface area contributed by atoms with Crippen LogP contribution in [0.15, 0.2) is 0 Å². The highest BCUT2D eigenvalue weighted by atomic mass is 16.5. The van der Waals surface area contributed by atoms with E-state index in [2.05, 4.69) is 23.3 Å². The molecule has 0 N–H and O–H groups in total. The normalized spacial score (nSPS) is 27.0.